The third kappa shape index (κ3) is 3.70. The maximum atomic E-state index is 4.54. The number of aliphatic imine (C=N–C) groups is 1. The van der Waals surface area contributed by atoms with Gasteiger partial charge in [0.1, 0.15) is 5.65 Å². The predicted octanol–water partition coefficient (Wildman–Crippen LogP) is 2.17. The molecule has 0 saturated carbocycles. The van der Waals surface area contributed by atoms with E-state index in [4.69, 9.17) is 0 Å². The first-order valence-electron chi connectivity index (χ1n) is 6.19. The van der Waals surface area contributed by atoms with Crippen molar-refractivity contribution in [1.82, 2.24) is 20.0 Å². The van der Waals surface area contributed by atoms with Gasteiger partial charge in [-0.05, 0) is 41.9 Å². The number of aromatic nitrogens is 2. The standard InChI is InChI=1S/C13H18BrN5/c1-9(2)17-13(15-3)16-6-11-8-19-7-10(14)4-5-12(19)18-11/h4-5,7-9H,6H2,1-3H3,(H2,15,16,17). The van der Waals surface area contributed by atoms with E-state index in [2.05, 4.69) is 50.4 Å². The van der Waals surface area contributed by atoms with Crippen LogP contribution in [0.1, 0.15) is 19.5 Å². The van der Waals surface area contributed by atoms with Gasteiger partial charge in [0, 0.05) is 30.0 Å². The molecule has 2 rings (SSSR count). The number of hydrogen-bond donors (Lipinski definition) is 2. The third-order valence-electron chi connectivity index (χ3n) is 2.55. The molecule has 19 heavy (non-hydrogen) atoms. The maximum Gasteiger partial charge on any atom is 0.191 e. The highest BCUT2D eigenvalue weighted by molar-refractivity contribution is 9.10. The van der Waals surface area contributed by atoms with E-state index in [1.165, 1.54) is 0 Å². The second kappa shape index (κ2) is 6.06. The van der Waals surface area contributed by atoms with Gasteiger partial charge in [0.25, 0.3) is 0 Å². The monoisotopic (exact) mass is 323 g/mol. The zero-order chi connectivity index (χ0) is 13.8. The Balaban J connectivity index is 2.05. The molecule has 0 fully saturated rings. The Bertz CT molecular complexity index is 588. The summed E-state index contributed by atoms with van der Waals surface area (Å²) >= 11 is 3.45. The van der Waals surface area contributed by atoms with Gasteiger partial charge in [0.05, 0.1) is 12.2 Å². The van der Waals surface area contributed by atoms with Gasteiger partial charge < -0.3 is 15.0 Å². The summed E-state index contributed by atoms with van der Waals surface area (Å²) in [7, 11) is 1.76. The van der Waals surface area contributed by atoms with Crippen molar-refractivity contribution in [3.8, 4) is 0 Å². The Morgan fingerprint density at radius 2 is 2.21 bits per heavy atom. The molecule has 0 aliphatic heterocycles. The normalized spacial score (nSPS) is 12.2. The summed E-state index contributed by atoms with van der Waals surface area (Å²) in [4.78, 5) is 8.70. The van der Waals surface area contributed by atoms with Crippen LogP contribution >= 0.6 is 15.9 Å². The smallest absolute Gasteiger partial charge is 0.191 e. The summed E-state index contributed by atoms with van der Waals surface area (Å²) in [6.07, 6.45) is 4.00. The molecule has 0 radical (unpaired) electrons. The minimum atomic E-state index is 0.350. The number of halogens is 1. The van der Waals surface area contributed by atoms with Crippen molar-refractivity contribution in [3.05, 3.63) is 34.7 Å². The summed E-state index contributed by atoms with van der Waals surface area (Å²) < 4.78 is 3.04. The topological polar surface area (TPSA) is 53.7 Å². The lowest BCUT2D eigenvalue weighted by molar-refractivity contribution is 0.697. The van der Waals surface area contributed by atoms with Crippen LogP contribution in [0.15, 0.2) is 34.0 Å². The van der Waals surface area contributed by atoms with Gasteiger partial charge in [-0.2, -0.15) is 0 Å². The van der Waals surface area contributed by atoms with Crippen molar-refractivity contribution < 1.29 is 0 Å². The lowest BCUT2D eigenvalue weighted by Crippen LogP contribution is -2.40. The predicted molar refractivity (Wildman–Crippen MR) is 81.4 cm³/mol. The van der Waals surface area contributed by atoms with E-state index in [-0.39, 0.29) is 0 Å². The van der Waals surface area contributed by atoms with Gasteiger partial charge in [-0.3, -0.25) is 4.99 Å². The molecule has 6 heteroatoms. The lowest BCUT2D eigenvalue weighted by Gasteiger charge is -2.13. The second-order valence-electron chi connectivity index (χ2n) is 4.57. The minimum Gasteiger partial charge on any atom is -0.354 e. The van der Waals surface area contributed by atoms with Gasteiger partial charge in [0.15, 0.2) is 5.96 Å². The van der Waals surface area contributed by atoms with Crippen LogP contribution in [0.5, 0.6) is 0 Å². The summed E-state index contributed by atoms with van der Waals surface area (Å²) in [5, 5.41) is 6.48. The molecule has 102 valence electrons. The quantitative estimate of drug-likeness (QED) is 0.672. The van der Waals surface area contributed by atoms with E-state index in [1.807, 2.05) is 28.9 Å². The van der Waals surface area contributed by atoms with Crippen LogP contribution in [0.2, 0.25) is 0 Å². The number of rotatable bonds is 3. The van der Waals surface area contributed by atoms with Crippen molar-refractivity contribution >= 4 is 27.5 Å². The molecule has 0 amide bonds. The zero-order valence-corrected chi connectivity index (χ0v) is 12.9. The molecular formula is C13H18BrN5. The lowest BCUT2D eigenvalue weighted by atomic mass is 10.4. The first kappa shape index (κ1) is 13.9. The Labute approximate surface area is 121 Å². The van der Waals surface area contributed by atoms with Crippen LogP contribution in [-0.2, 0) is 6.54 Å². The number of hydrogen-bond acceptors (Lipinski definition) is 2. The van der Waals surface area contributed by atoms with E-state index < -0.39 is 0 Å². The van der Waals surface area contributed by atoms with Crippen LogP contribution in [0.4, 0.5) is 0 Å². The average molecular weight is 324 g/mol. The maximum absolute atomic E-state index is 4.54. The molecule has 0 bridgehead atoms. The highest BCUT2D eigenvalue weighted by atomic mass is 79.9. The van der Waals surface area contributed by atoms with E-state index in [0.717, 1.165) is 21.8 Å². The van der Waals surface area contributed by atoms with Gasteiger partial charge in [0.2, 0.25) is 0 Å². The molecule has 0 spiro atoms. The van der Waals surface area contributed by atoms with Gasteiger partial charge in [-0.25, -0.2) is 4.98 Å². The number of pyridine rings is 1. The molecule has 0 atom stereocenters. The summed E-state index contributed by atoms with van der Waals surface area (Å²) in [5.74, 6) is 0.785. The number of nitrogens with one attached hydrogen (secondary N) is 2. The van der Waals surface area contributed by atoms with Crippen LogP contribution in [0.25, 0.3) is 5.65 Å². The molecule has 2 N–H and O–H groups in total. The SMILES string of the molecule is CN=C(NCc1cn2cc(Br)ccc2n1)NC(C)C. The summed E-state index contributed by atoms with van der Waals surface area (Å²) in [6, 6.07) is 4.32. The average Bonchev–Trinajstić information content (AvgIpc) is 2.75. The van der Waals surface area contributed by atoms with Crippen molar-refractivity contribution in [2.75, 3.05) is 7.05 Å². The highest BCUT2D eigenvalue weighted by Gasteiger charge is 2.04. The fraction of sp³-hybridized carbons (Fsp3) is 0.385. The van der Waals surface area contributed by atoms with Gasteiger partial charge >= 0.3 is 0 Å². The molecule has 2 aromatic heterocycles. The zero-order valence-electron chi connectivity index (χ0n) is 11.3. The Morgan fingerprint density at radius 3 is 2.89 bits per heavy atom. The number of nitrogens with zero attached hydrogens (tertiary/aromatic N) is 3. The van der Waals surface area contributed by atoms with Crippen LogP contribution in [0, 0.1) is 0 Å². The van der Waals surface area contributed by atoms with E-state index in [0.29, 0.717) is 12.6 Å². The number of imidazole rings is 1. The second-order valence-corrected chi connectivity index (χ2v) is 5.49. The number of fused-ring (bicyclic) bond motifs is 1. The third-order valence-corrected chi connectivity index (χ3v) is 3.02. The molecular weight excluding hydrogens is 306 g/mol. The van der Waals surface area contributed by atoms with E-state index in [1.54, 1.807) is 7.05 Å². The Hall–Kier alpha value is -1.56. The van der Waals surface area contributed by atoms with E-state index >= 15 is 0 Å². The van der Waals surface area contributed by atoms with E-state index in [9.17, 15) is 0 Å². The van der Waals surface area contributed by atoms with Crippen molar-refractivity contribution in [2.45, 2.75) is 26.4 Å². The van der Waals surface area contributed by atoms with Crippen molar-refractivity contribution in [3.63, 3.8) is 0 Å². The molecule has 0 aliphatic rings. The fourth-order valence-electron chi connectivity index (χ4n) is 1.74. The number of guanidine groups is 1. The Morgan fingerprint density at radius 1 is 1.42 bits per heavy atom. The molecule has 0 aliphatic carbocycles. The van der Waals surface area contributed by atoms with Crippen molar-refractivity contribution in [2.24, 2.45) is 4.99 Å². The molecule has 0 saturated heterocycles. The highest BCUT2D eigenvalue weighted by Crippen LogP contribution is 2.12. The molecule has 0 unspecified atom stereocenters. The van der Waals surface area contributed by atoms with Crippen molar-refractivity contribution in [1.29, 1.82) is 0 Å². The largest absolute Gasteiger partial charge is 0.354 e. The van der Waals surface area contributed by atoms with Gasteiger partial charge in [-0.1, -0.05) is 0 Å². The summed E-state index contributed by atoms with van der Waals surface area (Å²) in [5.41, 5.74) is 1.91. The fourth-order valence-corrected chi connectivity index (χ4v) is 2.10. The molecule has 0 aromatic carbocycles. The van der Waals surface area contributed by atoms with Crippen LogP contribution < -0.4 is 10.6 Å². The summed E-state index contributed by atoms with van der Waals surface area (Å²) in [6.45, 7) is 4.80. The first-order chi connectivity index (χ1) is 9.08. The molecule has 2 aromatic rings. The first-order valence-corrected chi connectivity index (χ1v) is 6.98. The minimum absolute atomic E-state index is 0.350. The van der Waals surface area contributed by atoms with Gasteiger partial charge in [-0.15, -0.1) is 0 Å². The Kier molecular flexibility index (Phi) is 4.42. The molecule has 5 nitrogen and oxygen atoms in total. The molecule has 2 heterocycles. The van der Waals surface area contributed by atoms with Crippen LogP contribution in [0.3, 0.4) is 0 Å². The van der Waals surface area contributed by atoms with Crippen LogP contribution in [-0.4, -0.2) is 28.4 Å².